The number of nitrogens with one attached hydrogen (secondary N) is 1. The molecule has 0 saturated heterocycles. The van der Waals surface area contributed by atoms with Gasteiger partial charge in [-0.05, 0) is 46.7 Å². The molecular weight excluding hydrogens is 389 g/mol. The first-order chi connectivity index (χ1) is 10.6. The minimum Gasteiger partial charge on any atom is -0.372 e. The lowest BCUT2D eigenvalue weighted by Gasteiger charge is -2.32. The van der Waals surface area contributed by atoms with Crippen molar-refractivity contribution in [3.05, 3.63) is 69.3 Å². The highest BCUT2D eigenvalue weighted by Crippen LogP contribution is 2.28. The Balaban J connectivity index is 2.16. The van der Waals surface area contributed by atoms with Gasteiger partial charge in [-0.2, -0.15) is 0 Å². The van der Waals surface area contributed by atoms with Gasteiger partial charge in [0.05, 0.1) is 12.1 Å². The highest BCUT2D eigenvalue weighted by molar-refractivity contribution is 14.1. The molecule has 116 valence electrons. The second-order valence-corrected chi connectivity index (χ2v) is 6.24. The number of ether oxygens (including phenoxy) is 1. The van der Waals surface area contributed by atoms with Crippen molar-refractivity contribution in [2.45, 2.75) is 18.9 Å². The number of rotatable bonds is 6. The molecule has 0 aromatic heterocycles. The van der Waals surface area contributed by atoms with Crippen LogP contribution in [0.3, 0.4) is 0 Å². The summed E-state index contributed by atoms with van der Waals surface area (Å²) < 4.78 is 6.71. The second-order valence-electron chi connectivity index (χ2n) is 5.08. The van der Waals surface area contributed by atoms with E-state index in [1.54, 1.807) is 7.11 Å². The lowest BCUT2D eigenvalue weighted by atomic mass is 9.90. The van der Waals surface area contributed by atoms with E-state index < -0.39 is 5.60 Å². The summed E-state index contributed by atoms with van der Waals surface area (Å²) in [6.07, 6.45) is 0.777. The van der Waals surface area contributed by atoms with Crippen molar-refractivity contribution in [3.8, 4) is 0 Å². The molecule has 0 heterocycles. The smallest absolute Gasteiger partial charge is 0.252 e. The van der Waals surface area contributed by atoms with E-state index in [0.717, 1.165) is 15.6 Å². The summed E-state index contributed by atoms with van der Waals surface area (Å²) in [7, 11) is 1.69. The van der Waals surface area contributed by atoms with Gasteiger partial charge in [-0.25, -0.2) is 0 Å². The van der Waals surface area contributed by atoms with E-state index in [0.29, 0.717) is 12.1 Å². The Labute approximate surface area is 145 Å². The maximum Gasteiger partial charge on any atom is 0.252 e. The molecule has 1 atom stereocenters. The predicted octanol–water partition coefficient (Wildman–Crippen LogP) is 3.97. The number of amides is 1. The van der Waals surface area contributed by atoms with E-state index in [1.807, 2.05) is 54.6 Å². The third kappa shape index (κ3) is 3.67. The van der Waals surface area contributed by atoms with Gasteiger partial charge in [0.25, 0.3) is 5.91 Å². The molecular formula is C18H20INO2. The number of carbonyl (C=O) groups excluding carboxylic acids is 1. The molecule has 0 bridgehead atoms. The van der Waals surface area contributed by atoms with E-state index in [4.69, 9.17) is 4.74 Å². The van der Waals surface area contributed by atoms with Crippen LogP contribution in [0.25, 0.3) is 0 Å². The summed E-state index contributed by atoms with van der Waals surface area (Å²) in [6.45, 7) is 2.50. The second kappa shape index (κ2) is 7.74. The average Bonchev–Trinajstić information content (AvgIpc) is 2.57. The van der Waals surface area contributed by atoms with Gasteiger partial charge in [0.2, 0.25) is 0 Å². The SMILES string of the molecule is CCC(CNC(=O)c1ccccc1I)(OC)c1ccccc1. The molecule has 1 unspecified atom stereocenters. The summed E-state index contributed by atoms with van der Waals surface area (Å²) in [5.41, 5.74) is 1.26. The molecule has 0 aliphatic heterocycles. The topological polar surface area (TPSA) is 38.3 Å². The van der Waals surface area contributed by atoms with Crippen LogP contribution >= 0.6 is 22.6 Å². The van der Waals surface area contributed by atoms with Crippen molar-refractivity contribution < 1.29 is 9.53 Å². The number of hydrogen-bond donors (Lipinski definition) is 1. The maximum absolute atomic E-state index is 12.4. The Morgan fingerprint density at radius 3 is 2.36 bits per heavy atom. The quantitative estimate of drug-likeness (QED) is 0.734. The van der Waals surface area contributed by atoms with Crippen molar-refractivity contribution in [3.63, 3.8) is 0 Å². The van der Waals surface area contributed by atoms with Gasteiger partial charge in [-0.1, -0.05) is 49.4 Å². The molecule has 1 amide bonds. The molecule has 4 heteroatoms. The Bertz CT molecular complexity index is 624. The van der Waals surface area contributed by atoms with Gasteiger partial charge in [0.1, 0.15) is 5.60 Å². The van der Waals surface area contributed by atoms with E-state index in [1.165, 1.54) is 0 Å². The minimum absolute atomic E-state index is 0.0733. The molecule has 3 nitrogen and oxygen atoms in total. The fraction of sp³-hybridized carbons (Fsp3) is 0.278. The van der Waals surface area contributed by atoms with Crippen molar-refractivity contribution >= 4 is 28.5 Å². The van der Waals surface area contributed by atoms with E-state index in [9.17, 15) is 4.79 Å². The van der Waals surface area contributed by atoms with Crippen LogP contribution in [0.4, 0.5) is 0 Å². The van der Waals surface area contributed by atoms with Gasteiger partial charge in [-0.15, -0.1) is 0 Å². The number of benzene rings is 2. The van der Waals surface area contributed by atoms with E-state index >= 15 is 0 Å². The Morgan fingerprint density at radius 1 is 1.14 bits per heavy atom. The average molecular weight is 409 g/mol. The van der Waals surface area contributed by atoms with Gasteiger partial charge in [0, 0.05) is 10.7 Å². The molecule has 2 rings (SSSR count). The summed E-state index contributed by atoms with van der Waals surface area (Å²) in [5.74, 6) is -0.0733. The van der Waals surface area contributed by atoms with Crippen LogP contribution in [-0.2, 0) is 10.3 Å². The lowest BCUT2D eigenvalue weighted by molar-refractivity contribution is -0.0164. The minimum atomic E-state index is -0.503. The molecule has 0 aliphatic carbocycles. The molecule has 2 aromatic carbocycles. The van der Waals surface area contributed by atoms with Crippen LogP contribution in [0.2, 0.25) is 0 Å². The maximum atomic E-state index is 12.4. The van der Waals surface area contributed by atoms with Crippen LogP contribution in [-0.4, -0.2) is 19.6 Å². The number of halogens is 1. The van der Waals surface area contributed by atoms with Crippen LogP contribution in [0.15, 0.2) is 54.6 Å². The fourth-order valence-electron chi connectivity index (χ4n) is 2.47. The standard InChI is InChI=1S/C18H20INO2/c1-3-18(22-2,14-9-5-4-6-10-14)13-20-17(21)15-11-7-8-12-16(15)19/h4-12H,3,13H2,1-2H3,(H,20,21). The van der Waals surface area contributed by atoms with Gasteiger partial charge < -0.3 is 10.1 Å². The summed E-state index contributed by atoms with van der Waals surface area (Å²) in [6, 6.07) is 17.6. The monoisotopic (exact) mass is 409 g/mol. The van der Waals surface area contributed by atoms with E-state index in [2.05, 4.69) is 34.8 Å². The summed E-state index contributed by atoms with van der Waals surface area (Å²) in [5, 5.41) is 3.01. The first kappa shape index (κ1) is 17.0. The van der Waals surface area contributed by atoms with Crippen LogP contribution in [0.1, 0.15) is 29.3 Å². The Kier molecular flexibility index (Phi) is 5.97. The van der Waals surface area contributed by atoms with Crippen LogP contribution < -0.4 is 5.32 Å². The number of methoxy groups -OCH3 is 1. The zero-order valence-electron chi connectivity index (χ0n) is 12.8. The molecule has 0 saturated carbocycles. The molecule has 0 aliphatic rings. The van der Waals surface area contributed by atoms with Gasteiger partial charge in [-0.3, -0.25) is 4.79 Å². The van der Waals surface area contributed by atoms with Crippen LogP contribution in [0, 0.1) is 3.57 Å². The fourth-order valence-corrected chi connectivity index (χ4v) is 3.10. The summed E-state index contributed by atoms with van der Waals surface area (Å²) >= 11 is 2.17. The van der Waals surface area contributed by atoms with Crippen molar-refractivity contribution in [2.75, 3.05) is 13.7 Å². The molecule has 0 radical (unpaired) electrons. The lowest BCUT2D eigenvalue weighted by Crippen LogP contribution is -2.42. The number of carbonyl (C=O) groups is 1. The van der Waals surface area contributed by atoms with Crippen LogP contribution in [0.5, 0.6) is 0 Å². The molecule has 1 N–H and O–H groups in total. The first-order valence-electron chi connectivity index (χ1n) is 7.26. The first-order valence-corrected chi connectivity index (χ1v) is 8.34. The Hall–Kier alpha value is -1.40. The third-order valence-corrected chi connectivity index (χ3v) is 4.86. The zero-order chi connectivity index (χ0) is 16.0. The van der Waals surface area contributed by atoms with E-state index in [-0.39, 0.29) is 5.91 Å². The van der Waals surface area contributed by atoms with Gasteiger partial charge in [0.15, 0.2) is 0 Å². The zero-order valence-corrected chi connectivity index (χ0v) is 15.0. The normalized spacial score (nSPS) is 13.4. The Morgan fingerprint density at radius 2 is 1.77 bits per heavy atom. The molecule has 0 spiro atoms. The van der Waals surface area contributed by atoms with Gasteiger partial charge >= 0.3 is 0 Å². The number of hydrogen-bond acceptors (Lipinski definition) is 2. The largest absolute Gasteiger partial charge is 0.372 e. The highest BCUT2D eigenvalue weighted by Gasteiger charge is 2.30. The molecule has 0 fully saturated rings. The molecule has 22 heavy (non-hydrogen) atoms. The molecule has 2 aromatic rings. The summed E-state index contributed by atoms with van der Waals surface area (Å²) in [4.78, 5) is 12.4. The van der Waals surface area contributed by atoms with Crippen molar-refractivity contribution in [2.24, 2.45) is 0 Å². The predicted molar refractivity (Wildman–Crippen MR) is 96.9 cm³/mol. The van der Waals surface area contributed by atoms with Crippen molar-refractivity contribution in [1.82, 2.24) is 5.32 Å². The van der Waals surface area contributed by atoms with Crippen molar-refractivity contribution in [1.29, 1.82) is 0 Å². The third-order valence-electron chi connectivity index (χ3n) is 3.91. The highest BCUT2D eigenvalue weighted by atomic mass is 127.